The van der Waals surface area contributed by atoms with E-state index in [2.05, 4.69) is 41.9 Å². The second kappa shape index (κ2) is 10.4. The van der Waals surface area contributed by atoms with Gasteiger partial charge in [0.15, 0.2) is 6.10 Å². The molecule has 30 heavy (non-hydrogen) atoms. The van der Waals surface area contributed by atoms with Crippen LogP contribution in [0.5, 0.6) is 11.5 Å². The molecule has 0 heterocycles. The molecule has 0 spiro atoms. The summed E-state index contributed by atoms with van der Waals surface area (Å²) in [5, 5.41) is 0. The second-order valence-electron chi connectivity index (χ2n) is 7.33. The molecule has 3 aromatic rings. The van der Waals surface area contributed by atoms with Gasteiger partial charge in [-0.1, -0.05) is 69.3 Å². The Morgan fingerprint density at radius 2 is 1.57 bits per heavy atom. The first-order valence-electron chi connectivity index (χ1n) is 10.3. The number of hydrogen-bond acceptors (Lipinski definition) is 3. The largest absolute Gasteiger partial charge is 0.479 e. The van der Waals surface area contributed by atoms with Gasteiger partial charge in [-0.25, -0.2) is 4.79 Å². The Hall–Kier alpha value is -2.59. The molecular formula is C26H27BrO3. The van der Waals surface area contributed by atoms with Crippen LogP contribution < -0.4 is 9.47 Å². The van der Waals surface area contributed by atoms with Gasteiger partial charge in [-0.3, -0.25) is 0 Å². The van der Waals surface area contributed by atoms with Gasteiger partial charge in [0, 0.05) is 0 Å². The summed E-state index contributed by atoms with van der Waals surface area (Å²) in [6.45, 7) is 6.24. The summed E-state index contributed by atoms with van der Waals surface area (Å²) in [7, 11) is 0. The van der Waals surface area contributed by atoms with E-state index in [4.69, 9.17) is 9.47 Å². The summed E-state index contributed by atoms with van der Waals surface area (Å²) in [4.78, 5) is 12.7. The van der Waals surface area contributed by atoms with Crippen LogP contribution in [0.3, 0.4) is 0 Å². The van der Waals surface area contributed by atoms with E-state index >= 15 is 0 Å². The Morgan fingerprint density at radius 3 is 2.17 bits per heavy atom. The van der Waals surface area contributed by atoms with Gasteiger partial charge in [0.2, 0.25) is 0 Å². The molecule has 156 valence electrons. The first kappa shape index (κ1) is 22.1. The third kappa shape index (κ3) is 5.51. The van der Waals surface area contributed by atoms with E-state index in [0.29, 0.717) is 23.8 Å². The molecule has 0 fully saturated rings. The first-order chi connectivity index (χ1) is 14.5. The molecule has 0 radical (unpaired) electrons. The van der Waals surface area contributed by atoms with Gasteiger partial charge >= 0.3 is 5.97 Å². The van der Waals surface area contributed by atoms with Crippen molar-refractivity contribution in [2.24, 2.45) is 0 Å². The average molecular weight is 467 g/mol. The molecule has 0 amide bonds. The lowest BCUT2D eigenvalue weighted by atomic mass is 9.99. The van der Waals surface area contributed by atoms with Gasteiger partial charge in [-0.05, 0) is 75.6 Å². The number of benzene rings is 3. The topological polar surface area (TPSA) is 35.5 Å². The summed E-state index contributed by atoms with van der Waals surface area (Å²) in [6, 6.07) is 23.8. The number of halogens is 1. The average Bonchev–Trinajstić information content (AvgIpc) is 2.79. The molecule has 3 aromatic carbocycles. The third-order valence-corrected chi connectivity index (χ3v) is 5.84. The standard InChI is InChI=1S/C26H27BrO3/c1-4-18(3)21-13-16-25(23(27)17-21)30-26(28)24(5-2)29-22-14-11-20(12-15-22)19-9-7-6-8-10-19/h6-18,24H,4-5H2,1-3H3. The van der Waals surface area contributed by atoms with E-state index in [-0.39, 0.29) is 0 Å². The maximum absolute atomic E-state index is 12.7. The molecule has 0 aliphatic carbocycles. The lowest BCUT2D eigenvalue weighted by Gasteiger charge is -2.18. The molecule has 0 aliphatic heterocycles. The van der Waals surface area contributed by atoms with Crippen molar-refractivity contribution in [2.75, 3.05) is 0 Å². The van der Waals surface area contributed by atoms with E-state index in [9.17, 15) is 4.79 Å². The minimum absolute atomic E-state index is 0.401. The van der Waals surface area contributed by atoms with E-state index in [0.717, 1.165) is 22.0 Å². The lowest BCUT2D eigenvalue weighted by molar-refractivity contribution is -0.142. The highest BCUT2D eigenvalue weighted by molar-refractivity contribution is 9.10. The fraction of sp³-hybridized carbons (Fsp3) is 0.269. The lowest BCUT2D eigenvalue weighted by Crippen LogP contribution is -2.31. The predicted octanol–water partition coefficient (Wildman–Crippen LogP) is 7.39. The van der Waals surface area contributed by atoms with E-state index in [1.54, 1.807) is 0 Å². The van der Waals surface area contributed by atoms with Gasteiger partial charge in [-0.15, -0.1) is 0 Å². The Bertz CT molecular complexity index is 967. The van der Waals surface area contributed by atoms with Crippen LogP contribution in [0.4, 0.5) is 0 Å². The van der Waals surface area contributed by atoms with Crippen molar-refractivity contribution in [1.82, 2.24) is 0 Å². The highest BCUT2D eigenvalue weighted by atomic mass is 79.9. The molecule has 3 nitrogen and oxygen atoms in total. The van der Waals surface area contributed by atoms with E-state index in [1.807, 2.05) is 67.6 Å². The summed E-state index contributed by atoms with van der Waals surface area (Å²) in [5.41, 5.74) is 3.45. The van der Waals surface area contributed by atoms with Crippen molar-refractivity contribution in [2.45, 2.75) is 45.6 Å². The van der Waals surface area contributed by atoms with Crippen molar-refractivity contribution in [3.05, 3.63) is 82.8 Å². The van der Waals surface area contributed by atoms with Gasteiger partial charge in [0.1, 0.15) is 11.5 Å². The van der Waals surface area contributed by atoms with Gasteiger partial charge < -0.3 is 9.47 Å². The summed E-state index contributed by atoms with van der Waals surface area (Å²) in [6.07, 6.45) is 0.899. The smallest absolute Gasteiger partial charge is 0.352 e. The molecule has 2 unspecified atom stereocenters. The Morgan fingerprint density at radius 1 is 0.900 bits per heavy atom. The van der Waals surface area contributed by atoms with E-state index < -0.39 is 12.1 Å². The number of esters is 1. The molecule has 4 heteroatoms. The second-order valence-corrected chi connectivity index (χ2v) is 8.18. The molecule has 0 bridgehead atoms. The van der Waals surface area contributed by atoms with Crippen LogP contribution in [0.15, 0.2) is 77.3 Å². The minimum Gasteiger partial charge on any atom is -0.479 e. The molecule has 2 atom stereocenters. The quantitative estimate of drug-likeness (QED) is 0.256. The summed E-state index contributed by atoms with van der Waals surface area (Å²) < 4.78 is 12.3. The summed E-state index contributed by atoms with van der Waals surface area (Å²) >= 11 is 3.52. The molecule has 0 saturated heterocycles. The molecule has 3 rings (SSSR count). The minimum atomic E-state index is -0.672. The van der Waals surface area contributed by atoms with Crippen LogP contribution in [0.25, 0.3) is 11.1 Å². The Balaban J connectivity index is 1.66. The highest BCUT2D eigenvalue weighted by Gasteiger charge is 2.22. The van der Waals surface area contributed by atoms with Gasteiger partial charge in [0.05, 0.1) is 4.47 Å². The van der Waals surface area contributed by atoms with Crippen molar-refractivity contribution in [1.29, 1.82) is 0 Å². The number of ether oxygens (including phenoxy) is 2. The van der Waals surface area contributed by atoms with Crippen molar-refractivity contribution < 1.29 is 14.3 Å². The zero-order valence-electron chi connectivity index (χ0n) is 17.6. The molecule has 0 aliphatic rings. The van der Waals surface area contributed by atoms with Crippen LogP contribution in [0.2, 0.25) is 0 Å². The normalized spacial score (nSPS) is 12.8. The van der Waals surface area contributed by atoms with Crippen LogP contribution in [0, 0.1) is 0 Å². The van der Waals surface area contributed by atoms with Crippen molar-refractivity contribution in [3.63, 3.8) is 0 Å². The summed E-state index contributed by atoms with van der Waals surface area (Å²) in [5.74, 6) is 1.21. The first-order valence-corrected chi connectivity index (χ1v) is 11.1. The Kier molecular flexibility index (Phi) is 7.69. The van der Waals surface area contributed by atoms with Crippen LogP contribution >= 0.6 is 15.9 Å². The predicted molar refractivity (Wildman–Crippen MR) is 125 cm³/mol. The Labute approximate surface area is 187 Å². The van der Waals surface area contributed by atoms with Crippen molar-refractivity contribution >= 4 is 21.9 Å². The molecular weight excluding hydrogens is 440 g/mol. The number of rotatable bonds is 8. The number of carbonyl (C=O) groups excluding carboxylic acids is 1. The maximum Gasteiger partial charge on any atom is 0.352 e. The van der Waals surface area contributed by atoms with Gasteiger partial charge in [0.25, 0.3) is 0 Å². The zero-order valence-corrected chi connectivity index (χ0v) is 19.2. The molecule has 0 aromatic heterocycles. The highest BCUT2D eigenvalue weighted by Crippen LogP contribution is 2.31. The SMILES string of the molecule is CCC(Oc1ccc(-c2ccccc2)cc1)C(=O)Oc1ccc(C(C)CC)cc1Br. The molecule has 0 N–H and O–H groups in total. The molecule has 0 saturated carbocycles. The van der Waals surface area contributed by atoms with Crippen molar-refractivity contribution in [3.8, 4) is 22.6 Å². The van der Waals surface area contributed by atoms with Crippen LogP contribution in [-0.2, 0) is 4.79 Å². The fourth-order valence-electron chi connectivity index (χ4n) is 3.14. The fourth-order valence-corrected chi connectivity index (χ4v) is 3.61. The van der Waals surface area contributed by atoms with Crippen LogP contribution in [0.1, 0.15) is 45.1 Å². The maximum atomic E-state index is 12.7. The van der Waals surface area contributed by atoms with Crippen LogP contribution in [-0.4, -0.2) is 12.1 Å². The third-order valence-electron chi connectivity index (χ3n) is 5.22. The number of carbonyl (C=O) groups is 1. The van der Waals surface area contributed by atoms with E-state index in [1.165, 1.54) is 5.56 Å². The monoisotopic (exact) mass is 466 g/mol. The van der Waals surface area contributed by atoms with Gasteiger partial charge in [-0.2, -0.15) is 0 Å². The zero-order chi connectivity index (χ0) is 21.5. The number of hydrogen-bond donors (Lipinski definition) is 0.